The fourth-order valence-electron chi connectivity index (χ4n) is 6.09. The molecular weight excluding hydrogens is 366 g/mol. The fourth-order valence-corrected chi connectivity index (χ4v) is 6.09. The second-order valence-electron chi connectivity index (χ2n) is 9.36. The monoisotopic (exact) mass is 397 g/mol. The summed E-state index contributed by atoms with van der Waals surface area (Å²) in [5, 5.41) is 12.6. The van der Waals surface area contributed by atoms with Crippen LogP contribution in [0.2, 0.25) is 0 Å². The van der Waals surface area contributed by atoms with E-state index in [0.29, 0.717) is 25.3 Å². The SMILES string of the molecule is CO[C@H]1CCC[C@@H](C(=O)N2[C@@H]3CC[C@@H]2CC(O)(Cn2ccc4ccncc42)C3)C1. The molecule has 6 nitrogen and oxygen atoms in total. The van der Waals surface area contributed by atoms with Crippen LogP contribution in [-0.2, 0) is 16.1 Å². The zero-order valence-electron chi connectivity index (χ0n) is 17.2. The number of pyridine rings is 1. The molecule has 2 aromatic heterocycles. The van der Waals surface area contributed by atoms with Crippen molar-refractivity contribution in [3.63, 3.8) is 0 Å². The second-order valence-corrected chi connectivity index (χ2v) is 9.36. The maximum atomic E-state index is 13.4. The van der Waals surface area contributed by atoms with Crippen molar-refractivity contribution in [2.75, 3.05) is 7.11 Å². The number of amides is 1. The Bertz CT molecular complexity index is 880. The molecule has 2 aliphatic heterocycles. The summed E-state index contributed by atoms with van der Waals surface area (Å²) in [7, 11) is 1.75. The van der Waals surface area contributed by atoms with Crippen molar-refractivity contribution in [2.24, 2.45) is 5.92 Å². The Balaban J connectivity index is 1.31. The number of carbonyl (C=O) groups is 1. The van der Waals surface area contributed by atoms with Crippen LogP contribution in [0.25, 0.3) is 10.9 Å². The van der Waals surface area contributed by atoms with Crippen molar-refractivity contribution in [1.29, 1.82) is 0 Å². The van der Waals surface area contributed by atoms with Gasteiger partial charge < -0.3 is 19.3 Å². The van der Waals surface area contributed by atoms with Gasteiger partial charge in [-0.2, -0.15) is 0 Å². The summed E-state index contributed by atoms with van der Waals surface area (Å²) in [6.07, 6.45) is 13.2. The second kappa shape index (κ2) is 7.40. The number of hydrogen-bond donors (Lipinski definition) is 1. The quantitative estimate of drug-likeness (QED) is 0.861. The number of nitrogens with zero attached hydrogens (tertiary/aromatic N) is 3. The zero-order valence-corrected chi connectivity index (χ0v) is 17.2. The molecule has 0 radical (unpaired) electrons. The van der Waals surface area contributed by atoms with Gasteiger partial charge in [-0.3, -0.25) is 9.78 Å². The van der Waals surface area contributed by atoms with Crippen molar-refractivity contribution in [3.05, 3.63) is 30.7 Å². The van der Waals surface area contributed by atoms with Gasteiger partial charge in [-0.05, 0) is 57.1 Å². The van der Waals surface area contributed by atoms with E-state index >= 15 is 0 Å². The third-order valence-corrected chi connectivity index (χ3v) is 7.46. The molecule has 3 aliphatic rings. The minimum Gasteiger partial charge on any atom is -0.388 e. The van der Waals surface area contributed by atoms with Gasteiger partial charge >= 0.3 is 0 Å². The summed E-state index contributed by atoms with van der Waals surface area (Å²) in [6.45, 7) is 0.562. The van der Waals surface area contributed by atoms with Crippen LogP contribution in [0.1, 0.15) is 51.4 Å². The maximum absolute atomic E-state index is 13.4. The summed E-state index contributed by atoms with van der Waals surface area (Å²) in [5.41, 5.74) is 0.283. The van der Waals surface area contributed by atoms with E-state index in [4.69, 9.17) is 4.74 Å². The average molecular weight is 398 g/mol. The molecule has 0 aromatic carbocycles. The van der Waals surface area contributed by atoms with Gasteiger partial charge in [0.25, 0.3) is 0 Å². The van der Waals surface area contributed by atoms with Gasteiger partial charge in [0.2, 0.25) is 5.91 Å². The predicted octanol–water partition coefficient (Wildman–Crippen LogP) is 3.13. The van der Waals surface area contributed by atoms with Gasteiger partial charge in [0.05, 0.1) is 30.0 Å². The molecule has 1 aliphatic carbocycles. The van der Waals surface area contributed by atoms with Crippen molar-refractivity contribution in [2.45, 2.75) is 81.7 Å². The summed E-state index contributed by atoms with van der Waals surface area (Å²) in [6, 6.07) is 4.39. The molecule has 156 valence electrons. The van der Waals surface area contributed by atoms with E-state index in [1.165, 1.54) is 0 Å². The molecule has 0 spiro atoms. The molecule has 4 atom stereocenters. The highest BCUT2D eigenvalue weighted by Gasteiger charge is 2.50. The van der Waals surface area contributed by atoms with Gasteiger partial charge in [0, 0.05) is 42.9 Å². The summed E-state index contributed by atoms with van der Waals surface area (Å²) >= 11 is 0. The first kappa shape index (κ1) is 19.1. The molecule has 1 N–H and O–H groups in total. The minimum absolute atomic E-state index is 0.0856. The molecule has 5 rings (SSSR count). The Labute approximate surface area is 171 Å². The number of hydrogen-bond acceptors (Lipinski definition) is 4. The third kappa shape index (κ3) is 3.46. The van der Waals surface area contributed by atoms with Gasteiger partial charge in [0.1, 0.15) is 0 Å². The highest BCUT2D eigenvalue weighted by Crippen LogP contribution is 2.43. The van der Waals surface area contributed by atoms with E-state index in [1.807, 2.05) is 18.5 Å². The highest BCUT2D eigenvalue weighted by atomic mass is 16.5. The van der Waals surface area contributed by atoms with Crippen LogP contribution < -0.4 is 0 Å². The van der Waals surface area contributed by atoms with Crippen molar-refractivity contribution >= 4 is 16.8 Å². The number of aromatic nitrogens is 2. The van der Waals surface area contributed by atoms with E-state index < -0.39 is 5.60 Å². The normalized spacial score (nSPS) is 34.6. The summed E-state index contributed by atoms with van der Waals surface area (Å²) < 4.78 is 7.65. The molecule has 0 unspecified atom stereocenters. The van der Waals surface area contributed by atoms with E-state index in [0.717, 1.165) is 49.4 Å². The van der Waals surface area contributed by atoms with Crippen LogP contribution in [-0.4, -0.2) is 56.4 Å². The molecule has 1 amide bonds. The lowest BCUT2D eigenvalue weighted by molar-refractivity contribution is -0.149. The number of piperidine rings is 1. The summed E-state index contributed by atoms with van der Waals surface area (Å²) in [5.74, 6) is 0.388. The lowest BCUT2D eigenvalue weighted by atomic mass is 9.82. The van der Waals surface area contributed by atoms with E-state index in [2.05, 4.69) is 20.5 Å². The molecule has 1 saturated carbocycles. The number of fused-ring (bicyclic) bond motifs is 3. The van der Waals surface area contributed by atoms with Crippen molar-refractivity contribution < 1.29 is 14.6 Å². The van der Waals surface area contributed by atoms with E-state index in [-0.39, 0.29) is 24.1 Å². The minimum atomic E-state index is -0.772. The molecule has 4 heterocycles. The standard InChI is InChI=1S/C23H31N3O3/c1-29-20-4-2-3-17(11-20)22(27)26-18-5-6-19(26)13-23(28,12-18)15-25-10-8-16-7-9-24-14-21(16)25/h7-10,14,17-20,28H,2-6,11-13,15H2,1H3/t17-,18-,19-,20+/m1/s1. The number of methoxy groups -OCH3 is 1. The third-order valence-electron chi connectivity index (χ3n) is 7.46. The first-order valence-corrected chi connectivity index (χ1v) is 11.0. The Hall–Kier alpha value is -1.92. The maximum Gasteiger partial charge on any atom is 0.226 e. The fraction of sp³-hybridized carbons (Fsp3) is 0.652. The molecular formula is C23H31N3O3. The molecule has 2 aromatic rings. The van der Waals surface area contributed by atoms with Crippen LogP contribution in [0.4, 0.5) is 0 Å². The highest BCUT2D eigenvalue weighted by molar-refractivity contribution is 5.80. The number of aliphatic hydroxyl groups is 1. The Morgan fingerprint density at radius 2 is 2.03 bits per heavy atom. The smallest absolute Gasteiger partial charge is 0.226 e. The van der Waals surface area contributed by atoms with E-state index in [9.17, 15) is 9.90 Å². The first-order valence-electron chi connectivity index (χ1n) is 11.0. The van der Waals surface area contributed by atoms with Crippen LogP contribution in [0.5, 0.6) is 0 Å². The number of carbonyl (C=O) groups excluding carboxylic acids is 1. The van der Waals surface area contributed by atoms with Crippen LogP contribution >= 0.6 is 0 Å². The number of rotatable bonds is 4. The van der Waals surface area contributed by atoms with Crippen LogP contribution in [0.3, 0.4) is 0 Å². The molecule has 6 heteroatoms. The van der Waals surface area contributed by atoms with E-state index in [1.54, 1.807) is 13.3 Å². The van der Waals surface area contributed by atoms with Crippen LogP contribution in [0.15, 0.2) is 30.7 Å². The van der Waals surface area contributed by atoms with Gasteiger partial charge in [-0.25, -0.2) is 0 Å². The molecule has 2 saturated heterocycles. The predicted molar refractivity (Wildman–Crippen MR) is 110 cm³/mol. The molecule has 29 heavy (non-hydrogen) atoms. The van der Waals surface area contributed by atoms with Gasteiger partial charge in [-0.1, -0.05) is 6.42 Å². The zero-order chi connectivity index (χ0) is 20.0. The Morgan fingerprint density at radius 3 is 2.79 bits per heavy atom. The lowest BCUT2D eigenvalue weighted by Gasteiger charge is -2.45. The topological polar surface area (TPSA) is 67.6 Å². The molecule has 3 fully saturated rings. The molecule has 2 bridgehead atoms. The lowest BCUT2D eigenvalue weighted by Crippen LogP contribution is -2.56. The average Bonchev–Trinajstić information content (AvgIpc) is 3.26. The van der Waals surface area contributed by atoms with Gasteiger partial charge in [0.15, 0.2) is 0 Å². The number of ether oxygens (including phenoxy) is 1. The summed E-state index contributed by atoms with van der Waals surface area (Å²) in [4.78, 5) is 19.7. The largest absolute Gasteiger partial charge is 0.388 e. The Morgan fingerprint density at radius 1 is 1.24 bits per heavy atom. The Kier molecular flexibility index (Phi) is 4.87. The first-order chi connectivity index (χ1) is 14.1. The van der Waals surface area contributed by atoms with Crippen molar-refractivity contribution in [3.8, 4) is 0 Å². The van der Waals surface area contributed by atoms with Crippen molar-refractivity contribution in [1.82, 2.24) is 14.5 Å². The van der Waals surface area contributed by atoms with Gasteiger partial charge in [-0.15, -0.1) is 0 Å². The van der Waals surface area contributed by atoms with Crippen LogP contribution in [0, 0.1) is 5.92 Å².